The zero-order valence-corrected chi connectivity index (χ0v) is 18.1. The number of nitrogens with one attached hydrogen (secondary N) is 3. The van der Waals surface area contributed by atoms with Crippen molar-refractivity contribution < 1.29 is 37.4 Å². The summed E-state index contributed by atoms with van der Waals surface area (Å²) in [5, 5.41) is 7.57. The highest BCUT2D eigenvalue weighted by Gasteiger charge is 2.13. The van der Waals surface area contributed by atoms with Gasteiger partial charge >= 0.3 is 12.6 Å². The van der Waals surface area contributed by atoms with E-state index in [1.54, 1.807) is 25.1 Å². The fourth-order valence-corrected chi connectivity index (χ4v) is 2.61. The van der Waals surface area contributed by atoms with Gasteiger partial charge in [0.2, 0.25) is 5.91 Å². The predicted octanol–water partition coefficient (Wildman–Crippen LogP) is 2.28. The number of benzene rings is 2. The molecule has 12 heteroatoms. The van der Waals surface area contributed by atoms with Crippen molar-refractivity contribution in [1.29, 1.82) is 0 Å². The summed E-state index contributed by atoms with van der Waals surface area (Å²) in [7, 11) is 0. The molecule has 0 saturated heterocycles. The van der Waals surface area contributed by atoms with E-state index in [-0.39, 0.29) is 17.9 Å². The van der Waals surface area contributed by atoms with Gasteiger partial charge < -0.3 is 25.4 Å². The topological polar surface area (TPSA) is 123 Å². The van der Waals surface area contributed by atoms with Gasteiger partial charge in [-0.3, -0.25) is 19.2 Å². The van der Waals surface area contributed by atoms with Gasteiger partial charge in [0.25, 0.3) is 11.8 Å². The molecule has 0 aliphatic heterocycles. The van der Waals surface area contributed by atoms with Crippen molar-refractivity contribution in [3.8, 4) is 5.75 Å². The largest absolute Gasteiger partial charge is 0.454 e. The molecule has 2 aromatic carbocycles. The second-order valence-electron chi connectivity index (χ2n) is 6.49. The highest BCUT2D eigenvalue weighted by molar-refractivity contribution is 6.31. The summed E-state index contributed by atoms with van der Waals surface area (Å²) >= 11 is 5.97. The van der Waals surface area contributed by atoms with Crippen LogP contribution in [0.4, 0.5) is 14.5 Å². The molecule has 0 aliphatic rings. The zero-order chi connectivity index (χ0) is 24.4. The van der Waals surface area contributed by atoms with Crippen molar-refractivity contribution in [2.24, 2.45) is 0 Å². The Labute approximate surface area is 192 Å². The SMILES string of the molecule is Cc1c(Cl)cccc1NC(=O)CNC(=O)COC(=O)CNC(=O)c1cccc(OC(F)F)c1. The van der Waals surface area contributed by atoms with E-state index in [2.05, 4.69) is 20.7 Å². The summed E-state index contributed by atoms with van der Waals surface area (Å²) in [6.07, 6.45) is 0. The number of amides is 3. The summed E-state index contributed by atoms with van der Waals surface area (Å²) in [6.45, 7) is -2.92. The van der Waals surface area contributed by atoms with Gasteiger partial charge in [-0.2, -0.15) is 8.78 Å². The smallest absolute Gasteiger partial charge is 0.387 e. The van der Waals surface area contributed by atoms with Crippen molar-refractivity contribution in [2.45, 2.75) is 13.5 Å². The molecule has 0 aromatic heterocycles. The molecule has 0 saturated carbocycles. The van der Waals surface area contributed by atoms with Crippen LogP contribution in [0.2, 0.25) is 5.02 Å². The molecule has 2 rings (SSSR count). The van der Waals surface area contributed by atoms with Gasteiger partial charge in [-0.1, -0.05) is 23.7 Å². The molecule has 176 valence electrons. The van der Waals surface area contributed by atoms with E-state index >= 15 is 0 Å². The van der Waals surface area contributed by atoms with Gasteiger partial charge in [0.05, 0.1) is 6.54 Å². The molecule has 3 amide bonds. The van der Waals surface area contributed by atoms with E-state index < -0.39 is 43.5 Å². The Morgan fingerprint density at radius 3 is 2.45 bits per heavy atom. The maximum atomic E-state index is 12.2. The van der Waals surface area contributed by atoms with Gasteiger partial charge in [-0.25, -0.2) is 0 Å². The predicted molar refractivity (Wildman–Crippen MR) is 114 cm³/mol. The van der Waals surface area contributed by atoms with Gasteiger partial charge in [0.1, 0.15) is 12.3 Å². The van der Waals surface area contributed by atoms with Gasteiger partial charge in [-0.05, 0) is 42.8 Å². The molecule has 0 radical (unpaired) electrons. The Balaban J connectivity index is 1.69. The summed E-state index contributed by atoms with van der Waals surface area (Å²) in [5.41, 5.74) is 1.15. The highest BCUT2D eigenvalue weighted by Crippen LogP contribution is 2.22. The first-order valence-corrected chi connectivity index (χ1v) is 9.84. The molecule has 9 nitrogen and oxygen atoms in total. The van der Waals surface area contributed by atoms with Crippen LogP contribution in [-0.4, -0.2) is 50.0 Å². The lowest BCUT2D eigenvalue weighted by atomic mass is 10.2. The number of anilines is 1. The molecule has 0 fully saturated rings. The number of rotatable bonds is 10. The lowest BCUT2D eigenvalue weighted by Crippen LogP contribution is -2.37. The lowest BCUT2D eigenvalue weighted by molar-refractivity contribution is -0.147. The summed E-state index contributed by atoms with van der Waals surface area (Å²) in [4.78, 5) is 47.4. The molecule has 0 atom stereocenters. The first kappa shape index (κ1) is 25.5. The highest BCUT2D eigenvalue weighted by atomic mass is 35.5. The number of carbonyl (C=O) groups excluding carboxylic acids is 4. The number of hydrogen-bond acceptors (Lipinski definition) is 6. The molecular formula is C21H20ClF2N3O6. The maximum Gasteiger partial charge on any atom is 0.387 e. The molecule has 3 N–H and O–H groups in total. The minimum absolute atomic E-state index is 0.0142. The fraction of sp³-hybridized carbons (Fsp3) is 0.238. The van der Waals surface area contributed by atoms with Gasteiger partial charge in [0.15, 0.2) is 6.61 Å². The van der Waals surface area contributed by atoms with Crippen molar-refractivity contribution in [2.75, 3.05) is 25.0 Å². The van der Waals surface area contributed by atoms with Crippen molar-refractivity contribution in [3.63, 3.8) is 0 Å². The third-order valence-electron chi connectivity index (χ3n) is 4.07. The zero-order valence-electron chi connectivity index (χ0n) is 17.3. The molecule has 2 aromatic rings. The third-order valence-corrected chi connectivity index (χ3v) is 4.48. The van der Waals surface area contributed by atoms with Gasteiger partial charge in [-0.15, -0.1) is 0 Å². The Bertz CT molecular complexity index is 1030. The van der Waals surface area contributed by atoms with Crippen LogP contribution >= 0.6 is 11.6 Å². The number of ether oxygens (including phenoxy) is 2. The monoisotopic (exact) mass is 483 g/mol. The van der Waals surface area contributed by atoms with Crippen LogP contribution in [0.1, 0.15) is 15.9 Å². The van der Waals surface area contributed by atoms with E-state index in [1.165, 1.54) is 18.2 Å². The minimum Gasteiger partial charge on any atom is -0.454 e. The molecule has 0 heterocycles. The van der Waals surface area contributed by atoms with Crippen LogP contribution in [0.5, 0.6) is 5.75 Å². The van der Waals surface area contributed by atoms with Crippen LogP contribution in [0.3, 0.4) is 0 Å². The standard InChI is InChI=1S/C21H20ClF2N3O6/c1-12-15(22)6-3-7-16(12)27-17(28)9-25-18(29)11-32-19(30)10-26-20(31)13-4-2-5-14(8-13)33-21(23)24/h2-8,21H,9-11H2,1H3,(H,25,29)(H,26,31)(H,27,28). The Hall–Kier alpha value is -3.73. The first-order chi connectivity index (χ1) is 15.7. The fourth-order valence-electron chi connectivity index (χ4n) is 2.43. The van der Waals surface area contributed by atoms with Crippen molar-refractivity contribution >= 4 is 41.0 Å². The molecule has 33 heavy (non-hydrogen) atoms. The minimum atomic E-state index is -3.04. The normalized spacial score (nSPS) is 10.3. The molecule has 0 spiro atoms. The quantitative estimate of drug-likeness (QED) is 0.446. The Kier molecular flexibility index (Phi) is 9.55. The van der Waals surface area contributed by atoms with Crippen molar-refractivity contribution in [1.82, 2.24) is 10.6 Å². The average molecular weight is 484 g/mol. The van der Waals surface area contributed by atoms with Crippen molar-refractivity contribution in [3.05, 3.63) is 58.6 Å². The first-order valence-electron chi connectivity index (χ1n) is 9.46. The number of halogens is 3. The van der Waals surface area contributed by atoms with Crippen LogP contribution in [0.15, 0.2) is 42.5 Å². The third kappa shape index (κ3) is 8.73. The van der Waals surface area contributed by atoms with Crippen LogP contribution < -0.4 is 20.7 Å². The number of carbonyl (C=O) groups is 4. The Morgan fingerprint density at radius 1 is 1.00 bits per heavy atom. The molecule has 0 unspecified atom stereocenters. The molecular weight excluding hydrogens is 464 g/mol. The summed E-state index contributed by atoms with van der Waals surface area (Å²) < 4.78 is 33.4. The second kappa shape index (κ2) is 12.3. The number of hydrogen-bond donors (Lipinski definition) is 3. The van der Waals surface area contributed by atoms with E-state index in [1.807, 2.05) is 0 Å². The van der Waals surface area contributed by atoms with E-state index in [0.29, 0.717) is 16.3 Å². The molecule has 0 aliphatic carbocycles. The Morgan fingerprint density at radius 2 is 1.73 bits per heavy atom. The van der Waals surface area contributed by atoms with Gasteiger partial charge in [0, 0.05) is 16.3 Å². The van der Waals surface area contributed by atoms with Crippen LogP contribution in [0.25, 0.3) is 0 Å². The van der Waals surface area contributed by atoms with E-state index in [9.17, 15) is 28.0 Å². The van der Waals surface area contributed by atoms with E-state index in [0.717, 1.165) is 6.07 Å². The lowest BCUT2D eigenvalue weighted by Gasteiger charge is -2.10. The number of alkyl halides is 2. The summed E-state index contributed by atoms with van der Waals surface area (Å²) in [6, 6.07) is 9.97. The summed E-state index contributed by atoms with van der Waals surface area (Å²) in [5.74, 6) is -3.11. The molecule has 0 bridgehead atoms. The average Bonchev–Trinajstić information content (AvgIpc) is 2.77. The van der Waals surface area contributed by atoms with E-state index in [4.69, 9.17) is 16.3 Å². The number of esters is 1. The van der Waals surface area contributed by atoms with Crippen LogP contribution in [0, 0.1) is 6.92 Å². The van der Waals surface area contributed by atoms with Crippen LogP contribution in [-0.2, 0) is 19.1 Å². The maximum absolute atomic E-state index is 12.2. The second-order valence-corrected chi connectivity index (χ2v) is 6.89.